The first-order valence-electron chi connectivity index (χ1n) is 6.61. The van der Waals surface area contributed by atoms with Crippen LogP contribution in [-0.2, 0) is 14.6 Å². The summed E-state index contributed by atoms with van der Waals surface area (Å²) in [7, 11) is -3.03. The van der Waals surface area contributed by atoms with Crippen LogP contribution in [0.1, 0.15) is 39.0 Å². The molecular weight excluding hydrogens is 254 g/mol. The van der Waals surface area contributed by atoms with Crippen LogP contribution in [0.25, 0.3) is 0 Å². The Morgan fingerprint density at radius 1 is 1.28 bits per heavy atom. The first-order valence-corrected chi connectivity index (χ1v) is 8.43. The Hall–Kier alpha value is -0.620. The predicted octanol–water partition coefficient (Wildman–Crippen LogP) is 1.14. The van der Waals surface area contributed by atoms with Gasteiger partial charge in [-0.2, -0.15) is 0 Å². The third-order valence-electron chi connectivity index (χ3n) is 3.38. The number of sulfone groups is 1. The van der Waals surface area contributed by atoms with Crippen LogP contribution in [0.15, 0.2) is 0 Å². The lowest BCUT2D eigenvalue weighted by atomic mass is 10.2. The number of carboxylic acids is 1. The summed E-state index contributed by atoms with van der Waals surface area (Å²) in [6.45, 7) is 2.13. The van der Waals surface area contributed by atoms with Crippen LogP contribution in [-0.4, -0.2) is 55.0 Å². The minimum absolute atomic E-state index is 0.0493. The topological polar surface area (TPSA) is 74.7 Å². The van der Waals surface area contributed by atoms with Crippen molar-refractivity contribution >= 4 is 15.8 Å². The van der Waals surface area contributed by atoms with Crippen molar-refractivity contribution in [2.24, 2.45) is 0 Å². The zero-order valence-corrected chi connectivity index (χ0v) is 11.8. The average Bonchev–Trinajstić information content (AvgIpc) is 2.77. The summed E-state index contributed by atoms with van der Waals surface area (Å²) in [4.78, 5) is 12.6. The summed E-state index contributed by atoms with van der Waals surface area (Å²) in [6, 6.07) is 0.248. The Labute approximate surface area is 109 Å². The molecule has 0 heterocycles. The standard InChI is InChI=1S/C12H23NO4S/c1-2-8-18(16,17)9-7-13(10-12(14)15)11-5-3-4-6-11/h11H,2-10H2,1H3,(H,14,15). The van der Waals surface area contributed by atoms with Gasteiger partial charge in [0.25, 0.3) is 0 Å². The lowest BCUT2D eigenvalue weighted by Gasteiger charge is -2.26. The summed E-state index contributed by atoms with van der Waals surface area (Å²) < 4.78 is 23.3. The fourth-order valence-corrected chi connectivity index (χ4v) is 3.84. The maximum atomic E-state index is 11.7. The first-order chi connectivity index (χ1) is 8.44. The molecule has 0 radical (unpaired) electrons. The number of rotatable bonds is 8. The molecule has 1 fully saturated rings. The molecule has 0 spiro atoms. The van der Waals surface area contributed by atoms with Gasteiger partial charge in [-0.25, -0.2) is 8.42 Å². The van der Waals surface area contributed by atoms with E-state index in [1.807, 2.05) is 11.8 Å². The van der Waals surface area contributed by atoms with Crippen molar-refractivity contribution in [1.29, 1.82) is 0 Å². The number of carbonyl (C=O) groups is 1. The van der Waals surface area contributed by atoms with Crippen molar-refractivity contribution in [3.05, 3.63) is 0 Å². The van der Waals surface area contributed by atoms with Gasteiger partial charge >= 0.3 is 5.97 Å². The largest absolute Gasteiger partial charge is 0.480 e. The molecule has 1 rings (SSSR count). The zero-order chi connectivity index (χ0) is 13.6. The summed E-state index contributed by atoms with van der Waals surface area (Å²) >= 11 is 0. The fraction of sp³-hybridized carbons (Fsp3) is 0.917. The van der Waals surface area contributed by atoms with Gasteiger partial charge < -0.3 is 5.11 Å². The molecule has 0 saturated heterocycles. The molecule has 6 heteroatoms. The molecule has 0 amide bonds. The van der Waals surface area contributed by atoms with Crippen molar-refractivity contribution in [3.8, 4) is 0 Å². The third kappa shape index (κ3) is 5.35. The number of carboxylic acid groups (broad SMARTS) is 1. The monoisotopic (exact) mass is 277 g/mol. The van der Waals surface area contributed by atoms with E-state index in [1.54, 1.807) is 0 Å². The van der Waals surface area contributed by atoms with Gasteiger partial charge in [0.15, 0.2) is 9.84 Å². The molecule has 18 heavy (non-hydrogen) atoms. The Bertz CT molecular complexity index is 360. The normalized spacial score (nSPS) is 17.4. The van der Waals surface area contributed by atoms with Crippen molar-refractivity contribution in [2.75, 3.05) is 24.6 Å². The van der Waals surface area contributed by atoms with Crippen LogP contribution in [0.3, 0.4) is 0 Å². The average molecular weight is 277 g/mol. The third-order valence-corrected chi connectivity index (χ3v) is 5.22. The summed E-state index contributed by atoms with van der Waals surface area (Å²) in [5.41, 5.74) is 0. The molecule has 0 aromatic rings. The SMILES string of the molecule is CCCS(=O)(=O)CCN(CC(=O)O)C1CCCC1. The Kier molecular flexibility index (Phi) is 6.08. The highest BCUT2D eigenvalue weighted by atomic mass is 32.2. The molecule has 106 valence electrons. The Balaban J connectivity index is 2.53. The summed E-state index contributed by atoms with van der Waals surface area (Å²) in [6.07, 6.45) is 4.82. The number of hydrogen-bond donors (Lipinski definition) is 1. The quantitative estimate of drug-likeness (QED) is 0.720. The summed E-state index contributed by atoms with van der Waals surface area (Å²) in [5, 5.41) is 8.89. The highest BCUT2D eigenvalue weighted by Crippen LogP contribution is 2.23. The molecular formula is C12H23NO4S. The predicted molar refractivity (Wildman–Crippen MR) is 70.4 cm³/mol. The van der Waals surface area contributed by atoms with Crippen LogP contribution in [0.5, 0.6) is 0 Å². The van der Waals surface area contributed by atoms with Crippen LogP contribution < -0.4 is 0 Å². The molecule has 1 aliphatic carbocycles. The first kappa shape index (κ1) is 15.4. The lowest BCUT2D eigenvalue weighted by Crippen LogP contribution is -2.40. The van der Waals surface area contributed by atoms with E-state index >= 15 is 0 Å². The van der Waals surface area contributed by atoms with E-state index in [9.17, 15) is 13.2 Å². The number of aliphatic carboxylic acids is 1. The Morgan fingerprint density at radius 3 is 2.39 bits per heavy atom. The van der Waals surface area contributed by atoms with Gasteiger partial charge in [-0.05, 0) is 19.3 Å². The highest BCUT2D eigenvalue weighted by Gasteiger charge is 2.25. The van der Waals surface area contributed by atoms with Gasteiger partial charge in [-0.15, -0.1) is 0 Å². The van der Waals surface area contributed by atoms with Crippen LogP contribution in [0.4, 0.5) is 0 Å². The minimum Gasteiger partial charge on any atom is -0.480 e. The van der Waals surface area contributed by atoms with E-state index in [0.717, 1.165) is 25.7 Å². The van der Waals surface area contributed by atoms with Crippen LogP contribution >= 0.6 is 0 Å². The van der Waals surface area contributed by atoms with Gasteiger partial charge in [-0.1, -0.05) is 19.8 Å². The van der Waals surface area contributed by atoms with Crippen LogP contribution in [0.2, 0.25) is 0 Å². The summed E-state index contributed by atoms with van der Waals surface area (Å²) in [5.74, 6) is -0.613. The second-order valence-electron chi connectivity index (χ2n) is 4.95. The van der Waals surface area contributed by atoms with E-state index in [2.05, 4.69) is 0 Å². The molecule has 0 aliphatic heterocycles. The molecule has 1 N–H and O–H groups in total. The number of hydrogen-bond acceptors (Lipinski definition) is 4. The minimum atomic E-state index is -3.03. The van der Waals surface area contributed by atoms with Gasteiger partial charge in [0.05, 0.1) is 12.3 Å². The Morgan fingerprint density at radius 2 is 1.89 bits per heavy atom. The lowest BCUT2D eigenvalue weighted by molar-refractivity contribution is -0.138. The van der Waals surface area contributed by atoms with Gasteiger partial charge in [0.2, 0.25) is 0 Å². The van der Waals surface area contributed by atoms with Gasteiger partial charge in [-0.3, -0.25) is 9.69 Å². The molecule has 0 aromatic heterocycles. The van der Waals surface area contributed by atoms with Gasteiger partial charge in [0, 0.05) is 18.3 Å². The van der Waals surface area contributed by atoms with E-state index in [-0.39, 0.29) is 24.1 Å². The van der Waals surface area contributed by atoms with E-state index in [0.29, 0.717) is 13.0 Å². The molecule has 0 unspecified atom stereocenters. The van der Waals surface area contributed by atoms with E-state index in [1.165, 1.54) is 0 Å². The van der Waals surface area contributed by atoms with Crippen LogP contribution in [0, 0.1) is 0 Å². The highest BCUT2D eigenvalue weighted by molar-refractivity contribution is 7.91. The molecule has 1 saturated carbocycles. The van der Waals surface area contributed by atoms with E-state index < -0.39 is 15.8 Å². The van der Waals surface area contributed by atoms with Crippen molar-refractivity contribution < 1.29 is 18.3 Å². The fourth-order valence-electron chi connectivity index (χ4n) is 2.50. The smallest absolute Gasteiger partial charge is 0.317 e. The molecule has 0 aromatic carbocycles. The molecule has 5 nitrogen and oxygen atoms in total. The number of nitrogens with zero attached hydrogens (tertiary/aromatic N) is 1. The van der Waals surface area contributed by atoms with Gasteiger partial charge in [0.1, 0.15) is 0 Å². The molecule has 0 bridgehead atoms. The second kappa shape index (κ2) is 7.09. The van der Waals surface area contributed by atoms with Crippen molar-refractivity contribution in [2.45, 2.75) is 45.1 Å². The zero-order valence-electron chi connectivity index (χ0n) is 11.0. The second-order valence-corrected chi connectivity index (χ2v) is 7.26. The van der Waals surface area contributed by atoms with Crippen molar-refractivity contribution in [3.63, 3.8) is 0 Å². The maximum Gasteiger partial charge on any atom is 0.317 e. The maximum absolute atomic E-state index is 11.7. The van der Waals surface area contributed by atoms with E-state index in [4.69, 9.17) is 5.11 Å². The van der Waals surface area contributed by atoms with Crippen molar-refractivity contribution in [1.82, 2.24) is 4.90 Å². The molecule has 0 atom stereocenters. The molecule has 1 aliphatic rings.